The van der Waals surface area contributed by atoms with Gasteiger partial charge in [-0.25, -0.2) is 9.78 Å². The maximum absolute atomic E-state index is 13.8. The fourth-order valence-electron chi connectivity index (χ4n) is 5.41. The monoisotopic (exact) mass is 539 g/mol. The van der Waals surface area contributed by atoms with Gasteiger partial charge in [0, 0.05) is 18.8 Å². The Hall–Kier alpha value is -4.33. The van der Waals surface area contributed by atoms with E-state index >= 15 is 0 Å². The predicted octanol–water partition coefficient (Wildman–Crippen LogP) is -0.158. The molecule has 2 atom stereocenters. The van der Waals surface area contributed by atoms with Gasteiger partial charge in [-0.15, -0.1) is 0 Å². The first kappa shape index (κ1) is 27.7. The van der Waals surface area contributed by atoms with Gasteiger partial charge in [0.2, 0.25) is 5.91 Å². The Morgan fingerprint density at radius 2 is 1.72 bits per heavy atom. The number of fused-ring (bicyclic) bond motifs is 1. The van der Waals surface area contributed by atoms with Crippen LogP contribution >= 0.6 is 0 Å². The normalized spacial score (nSPS) is 23.4. The molecule has 206 valence electrons. The molecule has 0 saturated carbocycles. The maximum Gasteiger partial charge on any atom is 0.606 e. The van der Waals surface area contributed by atoms with E-state index in [1.54, 1.807) is 24.3 Å². The van der Waals surface area contributed by atoms with E-state index in [4.69, 9.17) is 9.31 Å². The summed E-state index contributed by atoms with van der Waals surface area (Å²) in [6.45, 7) is -0.573. The average Bonchev–Trinajstić information content (AvgIpc) is 3.28. The fourth-order valence-corrected chi connectivity index (χ4v) is 5.41. The van der Waals surface area contributed by atoms with E-state index in [9.17, 15) is 29.1 Å². The highest BCUT2D eigenvalue weighted by Gasteiger charge is 2.71. The number of hydrogen-bond donors (Lipinski definition) is 3. The molecule has 0 bridgehead atoms. The number of aromatic nitrogens is 2. The number of quaternary nitrogens is 1. The topological polar surface area (TPSA) is 174 Å². The molecule has 3 heterocycles. The van der Waals surface area contributed by atoms with Crippen molar-refractivity contribution in [3.63, 3.8) is 0 Å². The van der Waals surface area contributed by atoms with E-state index in [-0.39, 0.29) is 37.5 Å². The number of hydrogen-bond acceptors (Lipinski definition) is 9. The third-order valence-electron chi connectivity index (χ3n) is 6.96. The van der Waals surface area contributed by atoms with E-state index in [0.29, 0.717) is 0 Å². The van der Waals surface area contributed by atoms with Crippen molar-refractivity contribution < 1.29 is 42.8 Å². The van der Waals surface area contributed by atoms with Crippen molar-refractivity contribution in [1.29, 1.82) is 0 Å². The van der Waals surface area contributed by atoms with E-state index in [1.807, 2.05) is 19.9 Å². The molecule has 2 aliphatic heterocycles. The lowest BCUT2D eigenvalue weighted by Gasteiger charge is -2.46. The Kier molecular flexibility index (Phi) is 7.95. The molecule has 0 radical (unpaired) electrons. The summed E-state index contributed by atoms with van der Waals surface area (Å²) in [5.74, 6) is -5.05. The molecule has 0 aliphatic carbocycles. The van der Waals surface area contributed by atoms with Crippen molar-refractivity contribution >= 4 is 36.4 Å². The minimum atomic E-state index is -2.95. The molecule has 39 heavy (non-hydrogen) atoms. The van der Waals surface area contributed by atoms with Gasteiger partial charge in [0.25, 0.3) is 5.91 Å². The summed E-state index contributed by atoms with van der Waals surface area (Å²) in [4.78, 5) is 71.4. The van der Waals surface area contributed by atoms with Crippen LogP contribution in [-0.2, 0) is 34.9 Å². The van der Waals surface area contributed by atoms with Crippen molar-refractivity contribution in [2.24, 2.45) is 5.92 Å². The second-order valence-corrected chi connectivity index (χ2v) is 10.3. The van der Waals surface area contributed by atoms with E-state index in [2.05, 4.69) is 20.6 Å². The van der Waals surface area contributed by atoms with Crippen molar-refractivity contribution in [3.8, 4) is 0 Å². The lowest BCUT2D eigenvalue weighted by Crippen LogP contribution is -2.74. The van der Waals surface area contributed by atoms with E-state index in [0.717, 1.165) is 5.56 Å². The predicted molar refractivity (Wildman–Crippen MR) is 135 cm³/mol. The molecule has 14 heteroatoms. The zero-order chi connectivity index (χ0) is 28.2. The Balaban J connectivity index is 1.67. The van der Waals surface area contributed by atoms with Crippen LogP contribution in [-0.4, -0.2) is 87.5 Å². The van der Waals surface area contributed by atoms with Gasteiger partial charge >= 0.3 is 24.6 Å². The number of amides is 2. The van der Waals surface area contributed by atoms with E-state index < -0.39 is 59.3 Å². The van der Waals surface area contributed by atoms with Gasteiger partial charge in [-0.05, 0) is 17.9 Å². The standard InChI is InChI=1S/C25H30BN5O8/c1-16(2)10-20(26-31(13-21(32)33,14-22(34)38-26)15-23(35)39-26)30-24(36)18(11-17-6-4-3-5-7-17)29-25(37)19-12-27-8-9-28-19/h3-9,12,16,18,20H,10-11,13-15H2,1-2H3,(H,29,37)(H,30,36)(H,32,33)/t18-,20-,26?,31?/m0/s1. The number of carboxylic acid groups (broad SMARTS) is 1. The number of carbonyl (C=O) groups excluding carboxylic acids is 4. The highest BCUT2D eigenvalue weighted by Crippen LogP contribution is 2.39. The molecular formula is C25H30BN5O8. The first-order chi connectivity index (χ1) is 18.5. The fraction of sp³-hybridized carbons (Fsp3) is 0.400. The van der Waals surface area contributed by atoms with Crippen molar-refractivity contribution in [3.05, 3.63) is 60.2 Å². The highest BCUT2D eigenvalue weighted by atomic mass is 16.7. The number of rotatable bonds is 11. The summed E-state index contributed by atoms with van der Waals surface area (Å²) in [5, 5.41) is 15.2. The summed E-state index contributed by atoms with van der Waals surface area (Å²) in [5.41, 5.74) is 0.772. The van der Waals surface area contributed by atoms with Crippen LogP contribution < -0.4 is 10.6 Å². The molecule has 4 rings (SSSR count). The summed E-state index contributed by atoms with van der Waals surface area (Å²) >= 11 is 0. The van der Waals surface area contributed by atoms with Crippen LogP contribution in [0.3, 0.4) is 0 Å². The Bertz CT molecular complexity index is 1240. The number of nitrogens with one attached hydrogen (secondary N) is 2. The zero-order valence-corrected chi connectivity index (χ0v) is 21.6. The minimum Gasteiger partial charge on any atom is -0.599 e. The SMILES string of the molecule is CC(C)C[C@H](NC(=O)[C@H](Cc1ccccc1)NC(=O)c1cnccn1)[B-]12OC(=O)C[N+]1(CC(=O)O)CC(=O)O2. The molecule has 13 nitrogen and oxygen atoms in total. The third kappa shape index (κ3) is 5.90. The molecule has 0 unspecified atom stereocenters. The summed E-state index contributed by atoms with van der Waals surface area (Å²) in [6, 6.07) is 7.92. The van der Waals surface area contributed by atoms with Crippen LogP contribution in [0.4, 0.5) is 0 Å². The molecule has 1 aromatic carbocycles. The lowest BCUT2D eigenvalue weighted by atomic mass is 9.57. The molecule has 1 aromatic heterocycles. The first-order valence-electron chi connectivity index (χ1n) is 12.6. The van der Waals surface area contributed by atoms with Crippen LogP contribution in [0.15, 0.2) is 48.9 Å². The lowest BCUT2D eigenvalue weighted by molar-refractivity contribution is -0.808. The van der Waals surface area contributed by atoms with Gasteiger partial charge in [0.1, 0.15) is 31.4 Å². The molecular weight excluding hydrogens is 509 g/mol. The van der Waals surface area contributed by atoms with Crippen molar-refractivity contribution in [2.45, 2.75) is 38.7 Å². The van der Waals surface area contributed by atoms with Gasteiger partial charge in [-0.3, -0.25) is 24.2 Å². The highest BCUT2D eigenvalue weighted by molar-refractivity contribution is 6.68. The Morgan fingerprint density at radius 1 is 1.05 bits per heavy atom. The van der Waals surface area contributed by atoms with Crippen LogP contribution in [0.5, 0.6) is 0 Å². The minimum absolute atomic E-state index is 0.0106. The second-order valence-electron chi connectivity index (χ2n) is 10.3. The van der Waals surface area contributed by atoms with Crippen LogP contribution in [0.1, 0.15) is 36.3 Å². The molecule has 0 spiro atoms. The smallest absolute Gasteiger partial charge is 0.599 e. The maximum atomic E-state index is 13.8. The van der Waals surface area contributed by atoms with Crippen molar-refractivity contribution in [1.82, 2.24) is 20.6 Å². The van der Waals surface area contributed by atoms with Crippen molar-refractivity contribution in [2.75, 3.05) is 19.6 Å². The number of nitrogens with zero attached hydrogens (tertiary/aromatic N) is 3. The average molecular weight is 539 g/mol. The van der Waals surface area contributed by atoms with Crippen LogP contribution in [0.25, 0.3) is 0 Å². The number of carbonyl (C=O) groups is 5. The van der Waals surface area contributed by atoms with Gasteiger partial charge < -0.3 is 29.4 Å². The summed E-state index contributed by atoms with van der Waals surface area (Å²) < 4.78 is 10.7. The summed E-state index contributed by atoms with van der Waals surface area (Å²) in [6.07, 6.45) is 4.36. The van der Waals surface area contributed by atoms with E-state index in [1.165, 1.54) is 18.6 Å². The summed E-state index contributed by atoms with van der Waals surface area (Å²) in [7, 11) is 0. The van der Waals surface area contributed by atoms with Gasteiger partial charge in [0.05, 0.1) is 12.1 Å². The van der Waals surface area contributed by atoms with Crippen LogP contribution in [0.2, 0.25) is 0 Å². The number of aliphatic carboxylic acids is 1. The molecule has 2 aliphatic rings. The van der Waals surface area contributed by atoms with Gasteiger partial charge in [-0.1, -0.05) is 44.2 Å². The molecule has 2 fully saturated rings. The quantitative estimate of drug-likeness (QED) is 0.326. The Labute approximate surface area is 224 Å². The zero-order valence-electron chi connectivity index (χ0n) is 21.6. The van der Waals surface area contributed by atoms with Crippen LogP contribution in [0, 0.1) is 5.92 Å². The number of carboxylic acids is 1. The third-order valence-corrected chi connectivity index (χ3v) is 6.96. The molecule has 3 N–H and O–H groups in total. The van der Waals surface area contributed by atoms with Gasteiger partial charge in [0.15, 0.2) is 0 Å². The molecule has 2 aromatic rings. The molecule has 2 saturated heterocycles. The largest absolute Gasteiger partial charge is 0.606 e. The second kappa shape index (κ2) is 11.2. The Morgan fingerprint density at radius 3 is 2.28 bits per heavy atom. The number of benzene rings is 1. The van der Waals surface area contributed by atoms with Gasteiger partial charge in [-0.2, -0.15) is 0 Å². The first-order valence-corrected chi connectivity index (χ1v) is 12.6. The molecule has 2 amide bonds.